The van der Waals surface area contributed by atoms with Crippen LogP contribution in [0, 0.1) is 0 Å². The van der Waals surface area contributed by atoms with E-state index in [2.05, 4.69) is 22.6 Å². The van der Waals surface area contributed by atoms with Gasteiger partial charge in [0.15, 0.2) is 3.73 Å². The minimum atomic E-state index is -0.322. The highest BCUT2D eigenvalue weighted by Crippen LogP contribution is 2.36. The van der Waals surface area contributed by atoms with Crippen molar-refractivity contribution in [1.82, 2.24) is 0 Å². The second-order valence-electron chi connectivity index (χ2n) is 1.46. The van der Waals surface area contributed by atoms with Gasteiger partial charge in [-0.3, -0.25) is 5.73 Å². The summed E-state index contributed by atoms with van der Waals surface area (Å²) in [5.74, 6) is 0. The lowest BCUT2D eigenvalue weighted by molar-refractivity contribution is 0.375. The van der Waals surface area contributed by atoms with Crippen molar-refractivity contribution in [2.24, 2.45) is 5.73 Å². The molecule has 2 atom stereocenters. The first-order chi connectivity index (χ1) is 2.63. The highest BCUT2D eigenvalue weighted by molar-refractivity contribution is 14.1. The largest absolute Gasteiger partial charge is 0.341 e. The Bertz CT molecular complexity index is 73.2. The van der Waals surface area contributed by atoms with Gasteiger partial charge < -0.3 is 4.74 Å². The zero-order chi connectivity index (χ0) is 4.78. The SMILES string of the molecule is C[C@@H]1O[C@]1(N)I. The summed E-state index contributed by atoms with van der Waals surface area (Å²) in [4.78, 5) is 0. The van der Waals surface area contributed by atoms with Crippen LogP contribution in [0.2, 0.25) is 0 Å². The normalized spacial score (nSPS) is 55.5. The first-order valence-electron chi connectivity index (χ1n) is 1.78. The Kier molecular flexibility index (Phi) is 0.862. The zero-order valence-electron chi connectivity index (χ0n) is 3.44. The summed E-state index contributed by atoms with van der Waals surface area (Å²) >= 11 is 2.07. The Balaban J connectivity index is 2.41. The maximum Gasteiger partial charge on any atom is 0.195 e. The van der Waals surface area contributed by atoms with Crippen molar-refractivity contribution in [3.05, 3.63) is 0 Å². The summed E-state index contributed by atoms with van der Waals surface area (Å²) in [6, 6.07) is 0. The molecule has 0 spiro atoms. The number of epoxide rings is 1. The van der Waals surface area contributed by atoms with Crippen molar-refractivity contribution in [1.29, 1.82) is 0 Å². The van der Waals surface area contributed by atoms with Crippen LogP contribution in [0.1, 0.15) is 6.92 Å². The number of ether oxygens (including phenoxy) is 1. The van der Waals surface area contributed by atoms with Crippen LogP contribution in [0.25, 0.3) is 0 Å². The van der Waals surface area contributed by atoms with E-state index >= 15 is 0 Å². The van der Waals surface area contributed by atoms with Crippen molar-refractivity contribution in [3.63, 3.8) is 0 Å². The van der Waals surface area contributed by atoms with Crippen molar-refractivity contribution in [2.45, 2.75) is 16.8 Å². The van der Waals surface area contributed by atoms with Crippen molar-refractivity contribution in [2.75, 3.05) is 0 Å². The summed E-state index contributed by atoms with van der Waals surface area (Å²) in [7, 11) is 0. The summed E-state index contributed by atoms with van der Waals surface area (Å²) < 4.78 is 4.55. The molecule has 0 aromatic heterocycles. The lowest BCUT2D eigenvalue weighted by atomic mass is 10.5. The Morgan fingerprint density at radius 2 is 2.17 bits per heavy atom. The van der Waals surface area contributed by atoms with E-state index in [0.717, 1.165) is 0 Å². The van der Waals surface area contributed by atoms with Gasteiger partial charge in [0.1, 0.15) is 6.10 Å². The Morgan fingerprint density at radius 3 is 2.17 bits per heavy atom. The van der Waals surface area contributed by atoms with Gasteiger partial charge in [0.2, 0.25) is 0 Å². The molecular weight excluding hydrogens is 193 g/mol. The van der Waals surface area contributed by atoms with E-state index in [0.29, 0.717) is 0 Å². The Hall–Kier alpha value is 0.650. The van der Waals surface area contributed by atoms with E-state index in [1.54, 1.807) is 0 Å². The van der Waals surface area contributed by atoms with E-state index in [4.69, 9.17) is 10.5 Å². The molecule has 6 heavy (non-hydrogen) atoms. The molecule has 3 heteroatoms. The fraction of sp³-hybridized carbons (Fsp3) is 1.00. The van der Waals surface area contributed by atoms with Gasteiger partial charge in [-0.1, -0.05) is 0 Å². The molecule has 2 N–H and O–H groups in total. The number of hydrogen-bond acceptors (Lipinski definition) is 2. The third-order valence-electron chi connectivity index (χ3n) is 0.854. The quantitative estimate of drug-likeness (QED) is 0.266. The maximum atomic E-state index is 5.37. The molecule has 0 radical (unpaired) electrons. The summed E-state index contributed by atoms with van der Waals surface area (Å²) in [5, 5.41) is 0. The van der Waals surface area contributed by atoms with Crippen molar-refractivity contribution in [3.8, 4) is 0 Å². The molecule has 0 amide bonds. The van der Waals surface area contributed by atoms with Gasteiger partial charge in [-0.15, -0.1) is 0 Å². The molecule has 0 aromatic carbocycles. The molecule has 36 valence electrons. The molecule has 1 heterocycles. The molecule has 0 unspecified atom stereocenters. The van der Waals surface area contributed by atoms with Crippen LogP contribution >= 0.6 is 22.6 Å². The monoisotopic (exact) mass is 199 g/mol. The molecule has 0 bridgehead atoms. The van der Waals surface area contributed by atoms with E-state index in [1.807, 2.05) is 6.92 Å². The van der Waals surface area contributed by atoms with Gasteiger partial charge in [0, 0.05) is 0 Å². The smallest absolute Gasteiger partial charge is 0.195 e. The fourth-order valence-corrected chi connectivity index (χ4v) is 0.618. The van der Waals surface area contributed by atoms with Gasteiger partial charge in [-0.2, -0.15) is 0 Å². The standard InChI is InChI=1S/C3H6INO/c1-2-3(4,5)6-2/h2H,5H2,1H3/t2-,3-/m0/s1. The van der Waals surface area contributed by atoms with E-state index in [-0.39, 0.29) is 9.84 Å². The van der Waals surface area contributed by atoms with Gasteiger partial charge in [0.25, 0.3) is 0 Å². The Morgan fingerprint density at radius 1 is 2.00 bits per heavy atom. The molecule has 1 saturated heterocycles. The highest BCUT2D eigenvalue weighted by atomic mass is 127. The second-order valence-corrected chi connectivity index (χ2v) is 3.14. The third kappa shape index (κ3) is 0.665. The average molecular weight is 199 g/mol. The minimum Gasteiger partial charge on any atom is -0.341 e. The van der Waals surface area contributed by atoms with Crippen LogP contribution in [0.15, 0.2) is 0 Å². The number of halogens is 1. The number of alkyl halides is 1. The molecule has 2 nitrogen and oxygen atoms in total. The molecular formula is C3H6INO. The fourth-order valence-electron chi connectivity index (χ4n) is 0.237. The van der Waals surface area contributed by atoms with Crippen molar-refractivity contribution < 1.29 is 4.74 Å². The van der Waals surface area contributed by atoms with Crippen LogP contribution in [0.3, 0.4) is 0 Å². The maximum absolute atomic E-state index is 5.37. The van der Waals surface area contributed by atoms with Crippen molar-refractivity contribution >= 4 is 22.6 Å². The van der Waals surface area contributed by atoms with E-state index in [9.17, 15) is 0 Å². The van der Waals surface area contributed by atoms with Crippen LogP contribution in [-0.2, 0) is 4.74 Å². The lowest BCUT2D eigenvalue weighted by Crippen LogP contribution is -2.15. The van der Waals surface area contributed by atoms with Gasteiger partial charge in [0.05, 0.1) is 0 Å². The minimum absolute atomic E-state index is 0.262. The van der Waals surface area contributed by atoms with Crippen LogP contribution < -0.4 is 5.73 Å². The van der Waals surface area contributed by atoms with Crippen LogP contribution in [0.4, 0.5) is 0 Å². The molecule has 0 aromatic rings. The summed E-state index contributed by atoms with van der Waals surface area (Å²) in [5.41, 5.74) is 5.37. The van der Waals surface area contributed by atoms with E-state index in [1.165, 1.54) is 0 Å². The zero-order valence-corrected chi connectivity index (χ0v) is 5.60. The molecule has 1 aliphatic heterocycles. The van der Waals surface area contributed by atoms with Crippen LogP contribution in [0.5, 0.6) is 0 Å². The molecule has 1 fully saturated rings. The molecule has 1 rings (SSSR count). The lowest BCUT2D eigenvalue weighted by Gasteiger charge is -1.83. The highest BCUT2D eigenvalue weighted by Gasteiger charge is 2.47. The van der Waals surface area contributed by atoms with Crippen LogP contribution in [-0.4, -0.2) is 9.84 Å². The van der Waals surface area contributed by atoms with E-state index < -0.39 is 0 Å². The van der Waals surface area contributed by atoms with Gasteiger partial charge in [-0.25, -0.2) is 0 Å². The van der Waals surface area contributed by atoms with Gasteiger partial charge >= 0.3 is 0 Å². The number of rotatable bonds is 0. The van der Waals surface area contributed by atoms with Gasteiger partial charge in [-0.05, 0) is 29.5 Å². The molecule has 1 aliphatic rings. The third-order valence-corrected chi connectivity index (χ3v) is 1.99. The number of nitrogens with two attached hydrogens (primary N) is 1. The topological polar surface area (TPSA) is 38.5 Å². The predicted octanol–water partition coefficient (Wildman–Crippen LogP) is 0.453. The predicted molar refractivity (Wildman–Crippen MR) is 31.5 cm³/mol. The first kappa shape index (κ1) is 4.80. The second kappa shape index (κ2) is 1.08. The number of hydrogen-bond donors (Lipinski definition) is 1. The average Bonchev–Trinajstić information content (AvgIpc) is 1.73. The first-order valence-corrected chi connectivity index (χ1v) is 2.86. The summed E-state index contributed by atoms with van der Waals surface area (Å²) in [6.45, 7) is 1.95. The summed E-state index contributed by atoms with van der Waals surface area (Å²) in [6.07, 6.45) is 0.262. The molecule has 0 saturated carbocycles. The molecule has 0 aliphatic carbocycles. The Labute approximate surface area is 50.2 Å².